The summed E-state index contributed by atoms with van der Waals surface area (Å²) in [5, 5.41) is 25.1. The molecule has 1 heterocycles. The number of rotatable bonds is 3. The van der Waals surface area contributed by atoms with E-state index in [0.29, 0.717) is 46.1 Å². The van der Waals surface area contributed by atoms with E-state index in [4.69, 9.17) is 22.3 Å². The molecular formula is C19H17F3N6. The normalized spacial score (nSPS) is 17.1. The van der Waals surface area contributed by atoms with Crippen LogP contribution in [0.25, 0.3) is 16.5 Å². The van der Waals surface area contributed by atoms with Gasteiger partial charge in [0.05, 0.1) is 23.2 Å². The molecule has 1 aliphatic carbocycles. The molecule has 0 bridgehead atoms. The highest BCUT2D eigenvalue weighted by Crippen LogP contribution is 2.38. The number of nitrogen functional groups attached to an aromatic ring is 1. The number of aryl methyl sites for hydroxylation is 1. The van der Waals surface area contributed by atoms with Crippen molar-refractivity contribution in [1.29, 1.82) is 16.1 Å². The quantitative estimate of drug-likeness (QED) is 0.475. The molecule has 144 valence electrons. The van der Waals surface area contributed by atoms with E-state index < -0.39 is 17.5 Å². The van der Waals surface area contributed by atoms with Crippen LogP contribution in [-0.2, 0) is 12.8 Å². The van der Waals surface area contributed by atoms with Crippen LogP contribution in [0.3, 0.4) is 0 Å². The Balaban J connectivity index is 2.39. The zero-order valence-electron chi connectivity index (χ0n) is 14.7. The number of alkyl halides is 3. The van der Waals surface area contributed by atoms with Crippen molar-refractivity contribution in [2.24, 2.45) is 11.7 Å². The summed E-state index contributed by atoms with van der Waals surface area (Å²) < 4.78 is 39.6. The molecule has 1 aromatic heterocycles. The summed E-state index contributed by atoms with van der Waals surface area (Å²) in [6.45, 7) is 0. The summed E-state index contributed by atoms with van der Waals surface area (Å²) in [6, 6.07) is 5.26. The molecule has 0 saturated heterocycles. The van der Waals surface area contributed by atoms with Crippen LogP contribution in [0.2, 0.25) is 0 Å². The maximum Gasteiger partial charge on any atom is 0.433 e. The molecule has 6 nitrogen and oxygen atoms in total. The second-order valence-corrected chi connectivity index (χ2v) is 6.55. The van der Waals surface area contributed by atoms with Crippen LogP contribution in [0.1, 0.15) is 28.8 Å². The number of allylic oxidation sites excluding steroid dienone is 1. The van der Waals surface area contributed by atoms with Crippen LogP contribution in [0.5, 0.6) is 0 Å². The topological polar surface area (TPSA) is 136 Å². The third-order valence-corrected chi connectivity index (χ3v) is 4.94. The summed E-state index contributed by atoms with van der Waals surface area (Å²) in [4.78, 5) is 4.36. The van der Waals surface area contributed by atoms with E-state index in [0.717, 1.165) is 12.4 Å². The molecule has 1 atom stereocenters. The van der Waals surface area contributed by atoms with Gasteiger partial charge in [0.15, 0.2) is 0 Å². The van der Waals surface area contributed by atoms with Crippen molar-refractivity contribution < 1.29 is 13.2 Å². The third-order valence-electron chi connectivity index (χ3n) is 4.94. The zero-order chi connectivity index (χ0) is 20.6. The van der Waals surface area contributed by atoms with Gasteiger partial charge in [-0.3, -0.25) is 5.41 Å². The van der Waals surface area contributed by atoms with Gasteiger partial charge in [0.1, 0.15) is 5.71 Å². The van der Waals surface area contributed by atoms with Crippen LogP contribution >= 0.6 is 0 Å². The molecule has 28 heavy (non-hydrogen) atoms. The fraction of sp³-hybridized carbons (Fsp3) is 0.263. The van der Waals surface area contributed by atoms with Crippen molar-refractivity contribution in [2.45, 2.75) is 25.4 Å². The smallest absolute Gasteiger partial charge is 0.404 e. The van der Waals surface area contributed by atoms with Crippen LogP contribution in [-0.4, -0.2) is 23.1 Å². The van der Waals surface area contributed by atoms with Crippen LogP contribution in [0.15, 0.2) is 18.3 Å². The summed E-state index contributed by atoms with van der Waals surface area (Å²) in [6.07, 6.45) is -1.91. The monoisotopic (exact) mass is 386 g/mol. The number of hydrogen-bond acceptors (Lipinski definition) is 6. The molecule has 3 rings (SSSR count). The standard InChI is InChI=1S/C19H17F3N6/c20-19(21,22)18(27)13(8-25)17-11-5-9(6-23)1-2-10(11)16-12(7-24)14(26)3-4-15(16)28-17/h3-4,7-9,24,27H,1-2,5,25-26H2/b13-8-,24-7?,27-18?. The Hall–Kier alpha value is -3.41. The van der Waals surface area contributed by atoms with Gasteiger partial charge in [-0.25, -0.2) is 4.98 Å². The van der Waals surface area contributed by atoms with E-state index in [9.17, 15) is 18.4 Å². The number of nitrogens with two attached hydrogens (primary N) is 2. The van der Waals surface area contributed by atoms with E-state index in [1.165, 1.54) is 6.07 Å². The van der Waals surface area contributed by atoms with Gasteiger partial charge in [-0.15, -0.1) is 0 Å². The Morgan fingerprint density at radius 1 is 1.32 bits per heavy atom. The molecule has 1 unspecified atom stereocenters. The molecule has 0 fully saturated rings. The van der Waals surface area contributed by atoms with Crippen molar-refractivity contribution in [3.8, 4) is 6.07 Å². The third kappa shape index (κ3) is 3.07. The minimum Gasteiger partial charge on any atom is -0.404 e. The van der Waals surface area contributed by atoms with Gasteiger partial charge >= 0.3 is 6.18 Å². The highest BCUT2D eigenvalue weighted by Gasteiger charge is 2.39. The first kappa shape index (κ1) is 19.4. The number of pyridine rings is 1. The van der Waals surface area contributed by atoms with Crippen molar-refractivity contribution in [2.75, 3.05) is 5.73 Å². The molecule has 1 aromatic carbocycles. The molecule has 0 saturated carbocycles. The molecule has 0 spiro atoms. The maximum atomic E-state index is 13.2. The van der Waals surface area contributed by atoms with Crippen LogP contribution in [0.4, 0.5) is 18.9 Å². The first-order valence-electron chi connectivity index (χ1n) is 8.45. The molecule has 2 aromatic rings. The lowest BCUT2D eigenvalue weighted by Crippen LogP contribution is -2.26. The minimum absolute atomic E-state index is 0.0482. The first-order valence-corrected chi connectivity index (χ1v) is 8.45. The van der Waals surface area contributed by atoms with Gasteiger partial charge in [-0.2, -0.15) is 18.4 Å². The van der Waals surface area contributed by atoms with Gasteiger partial charge in [-0.1, -0.05) is 0 Å². The average molecular weight is 386 g/mol. The number of anilines is 1. The predicted octanol–water partition coefficient (Wildman–Crippen LogP) is 3.32. The lowest BCUT2D eigenvalue weighted by Gasteiger charge is -2.26. The van der Waals surface area contributed by atoms with E-state index in [2.05, 4.69) is 11.1 Å². The number of fused-ring (bicyclic) bond motifs is 3. The van der Waals surface area contributed by atoms with E-state index in [1.54, 1.807) is 6.07 Å². The summed E-state index contributed by atoms with van der Waals surface area (Å²) in [7, 11) is 0. The number of benzene rings is 1. The predicted molar refractivity (Wildman–Crippen MR) is 101 cm³/mol. The van der Waals surface area contributed by atoms with Crippen molar-refractivity contribution in [3.05, 3.63) is 40.7 Å². The lowest BCUT2D eigenvalue weighted by molar-refractivity contribution is -0.0578. The molecule has 6 N–H and O–H groups in total. The van der Waals surface area contributed by atoms with Gasteiger partial charge in [-0.05, 0) is 42.5 Å². The van der Waals surface area contributed by atoms with Crippen LogP contribution in [0, 0.1) is 28.1 Å². The molecule has 0 radical (unpaired) electrons. The number of halogens is 3. The average Bonchev–Trinajstić information content (AvgIpc) is 2.67. The Labute approximate surface area is 158 Å². The second kappa shape index (κ2) is 6.96. The lowest BCUT2D eigenvalue weighted by atomic mass is 9.79. The van der Waals surface area contributed by atoms with E-state index in [-0.39, 0.29) is 18.0 Å². The Morgan fingerprint density at radius 3 is 2.61 bits per heavy atom. The van der Waals surface area contributed by atoms with Crippen molar-refractivity contribution >= 4 is 34.1 Å². The van der Waals surface area contributed by atoms with E-state index >= 15 is 0 Å². The second-order valence-electron chi connectivity index (χ2n) is 6.55. The molecule has 9 heteroatoms. The molecule has 0 aliphatic heterocycles. The zero-order valence-corrected chi connectivity index (χ0v) is 14.7. The van der Waals surface area contributed by atoms with Gasteiger partial charge in [0.2, 0.25) is 0 Å². The fourth-order valence-electron chi connectivity index (χ4n) is 3.60. The number of hydrogen-bond donors (Lipinski definition) is 4. The van der Waals surface area contributed by atoms with Gasteiger partial charge in [0, 0.05) is 34.6 Å². The Morgan fingerprint density at radius 2 is 2.04 bits per heavy atom. The SMILES string of the molecule is N#CC1CCc2c(c(/C(=C/N)C(=N)C(F)(F)F)nc3ccc(N)c(C=N)c23)C1. The highest BCUT2D eigenvalue weighted by atomic mass is 19.4. The van der Waals surface area contributed by atoms with Crippen LogP contribution < -0.4 is 11.5 Å². The fourth-order valence-corrected chi connectivity index (χ4v) is 3.60. The number of nitrogens with one attached hydrogen (secondary N) is 2. The van der Waals surface area contributed by atoms with Gasteiger partial charge in [0.25, 0.3) is 0 Å². The summed E-state index contributed by atoms with van der Waals surface area (Å²) >= 11 is 0. The van der Waals surface area contributed by atoms with Crippen molar-refractivity contribution in [3.63, 3.8) is 0 Å². The van der Waals surface area contributed by atoms with E-state index in [1.807, 2.05) is 0 Å². The molecular weight excluding hydrogens is 369 g/mol. The molecule has 1 aliphatic rings. The number of nitrogens with zero attached hydrogens (tertiary/aromatic N) is 2. The Kier molecular flexibility index (Phi) is 4.81. The maximum absolute atomic E-state index is 13.2. The van der Waals surface area contributed by atoms with Crippen molar-refractivity contribution in [1.82, 2.24) is 4.98 Å². The number of aromatic nitrogens is 1. The minimum atomic E-state index is -4.89. The summed E-state index contributed by atoms with van der Waals surface area (Å²) in [5.74, 6) is -0.380. The first-order chi connectivity index (χ1) is 13.2. The Bertz CT molecular complexity index is 1060. The van der Waals surface area contributed by atoms with Gasteiger partial charge < -0.3 is 16.9 Å². The largest absolute Gasteiger partial charge is 0.433 e. The molecule has 0 amide bonds. The summed E-state index contributed by atoms with van der Waals surface area (Å²) in [5.41, 5.74) is 11.6. The highest BCUT2D eigenvalue weighted by molar-refractivity contribution is 6.25. The number of nitriles is 1.